The van der Waals surface area contributed by atoms with E-state index in [4.69, 9.17) is 0 Å². The zero-order chi connectivity index (χ0) is 18.1. The summed E-state index contributed by atoms with van der Waals surface area (Å²) in [6.07, 6.45) is -0.787. The number of carbonyl (C=O) groups is 2. The second-order valence-corrected chi connectivity index (χ2v) is 6.04. The first-order valence-electron chi connectivity index (χ1n) is 8.20. The molecule has 8 heteroatoms. The molecule has 25 heavy (non-hydrogen) atoms. The topological polar surface area (TPSA) is 88.2 Å². The van der Waals surface area contributed by atoms with Gasteiger partial charge < -0.3 is 5.11 Å². The van der Waals surface area contributed by atoms with Crippen LogP contribution in [0.15, 0.2) is 35.3 Å². The molecule has 0 saturated carbocycles. The standard InChI is InChI=1S/C17H21N5O3/c1-4-18-16-19-14-13(15(24)21(3)17(25)20(14)2)22(16)10-12(23)11-8-6-5-7-9-11/h5-9,12-13,23H,4,10H2,1-3H3/p+1. The van der Waals surface area contributed by atoms with Crippen molar-refractivity contribution in [2.45, 2.75) is 19.1 Å². The summed E-state index contributed by atoms with van der Waals surface area (Å²) in [6.45, 7) is 2.72. The lowest BCUT2D eigenvalue weighted by molar-refractivity contribution is -0.546. The molecule has 0 radical (unpaired) electrons. The molecule has 2 atom stereocenters. The average molecular weight is 344 g/mol. The second-order valence-electron chi connectivity index (χ2n) is 6.04. The number of guanidine groups is 1. The van der Waals surface area contributed by atoms with Crippen LogP contribution in [0.2, 0.25) is 0 Å². The number of urea groups is 1. The summed E-state index contributed by atoms with van der Waals surface area (Å²) in [7, 11) is 3.05. The minimum Gasteiger partial charge on any atom is -0.385 e. The van der Waals surface area contributed by atoms with Gasteiger partial charge in [0.1, 0.15) is 6.10 Å². The number of aliphatic hydroxyl groups is 1. The maximum absolute atomic E-state index is 12.7. The molecular weight excluding hydrogens is 322 g/mol. The van der Waals surface area contributed by atoms with Crippen LogP contribution in [-0.2, 0) is 4.79 Å². The Labute approximate surface area is 146 Å². The van der Waals surface area contributed by atoms with E-state index in [2.05, 4.69) is 10.3 Å². The van der Waals surface area contributed by atoms with E-state index in [1.807, 2.05) is 37.3 Å². The first kappa shape index (κ1) is 17.1. The monoisotopic (exact) mass is 344 g/mol. The number of benzene rings is 1. The minimum absolute atomic E-state index is 0.186. The molecule has 2 aliphatic rings. The lowest BCUT2D eigenvalue weighted by Gasteiger charge is -2.32. The Bertz CT molecular complexity index is 759. The molecule has 3 rings (SSSR count). The number of hydrogen-bond acceptors (Lipinski definition) is 5. The molecule has 132 valence electrons. The summed E-state index contributed by atoms with van der Waals surface area (Å²) in [4.78, 5) is 31.7. The van der Waals surface area contributed by atoms with Gasteiger partial charge in [0.2, 0.25) is 11.9 Å². The van der Waals surface area contributed by atoms with E-state index in [1.54, 1.807) is 11.6 Å². The number of imide groups is 1. The molecule has 1 saturated heterocycles. The molecule has 0 aromatic heterocycles. The van der Waals surface area contributed by atoms with Crippen LogP contribution in [0.3, 0.4) is 0 Å². The van der Waals surface area contributed by atoms with Gasteiger partial charge in [-0.3, -0.25) is 19.9 Å². The highest BCUT2D eigenvalue weighted by Crippen LogP contribution is 2.21. The molecule has 0 spiro atoms. The van der Waals surface area contributed by atoms with Crippen molar-refractivity contribution >= 4 is 23.7 Å². The number of amides is 3. The highest BCUT2D eigenvalue weighted by molar-refractivity contribution is 6.22. The fourth-order valence-corrected chi connectivity index (χ4v) is 3.06. The number of β-amino-alcohol motifs (C(OH)–C–C–N with tert-alkyl or cyclic N) is 1. The summed E-state index contributed by atoms with van der Waals surface area (Å²) in [5, 5.41) is 13.7. The molecule has 0 bridgehead atoms. The van der Waals surface area contributed by atoms with Crippen molar-refractivity contribution in [1.29, 1.82) is 0 Å². The third-order valence-electron chi connectivity index (χ3n) is 4.42. The van der Waals surface area contributed by atoms with Gasteiger partial charge in [-0.25, -0.2) is 9.37 Å². The van der Waals surface area contributed by atoms with E-state index >= 15 is 0 Å². The number of nitrogens with zero attached hydrogens (tertiary/aromatic N) is 4. The van der Waals surface area contributed by atoms with Crippen LogP contribution in [0.25, 0.3) is 0 Å². The molecule has 3 amide bonds. The summed E-state index contributed by atoms with van der Waals surface area (Å²) >= 11 is 0. The second kappa shape index (κ2) is 6.64. The van der Waals surface area contributed by atoms with Crippen LogP contribution in [0.1, 0.15) is 18.6 Å². The Morgan fingerprint density at radius 1 is 1.24 bits per heavy atom. The Morgan fingerprint density at radius 3 is 2.56 bits per heavy atom. The van der Waals surface area contributed by atoms with Crippen molar-refractivity contribution in [3.05, 3.63) is 35.9 Å². The normalized spacial score (nSPS) is 21.4. The molecule has 1 fully saturated rings. The van der Waals surface area contributed by atoms with Crippen LogP contribution >= 0.6 is 0 Å². The van der Waals surface area contributed by atoms with Gasteiger partial charge in [0, 0.05) is 14.1 Å². The third-order valence-corrected chi connectivity index (χ3v) is 4.42. The number of aliphatic hydroxyl groups excluding tert-OH is 1. The van der Waals surface area contributed by atoms with Gasteiger partial charge in [0.05, 0.1) is 13.1 Å². The van der Waals surface area contributed by atoms with Gasteiger partial charge >= 0.3 is 12.0 Å². The number of aliphatic imine (C=N–C) groups is 1. The maximum Gasteiger partial charge on any atom is 0.390 e. The Hall–Kier alpha value is -2.74. The molecule has 0 aliphatic carbocycles. The number of nitrogens with one attached hydrogen (secondary N) is 1. The highest BCUT2D eigenvalue weighted by atomic mass is 16.3. The zero-order valence-electron chi connectivity index (χ0n) is 14.5. The SMILES string of the molecule is CCNC1=[N+](CC(O)c2ccccc2)C2C(=O)N(C)C(=O)N(C)C2=N1. The number of hydrogen-bond donors (Lipinski definition) is 2. The van der Waals surface area contributed by atoms with Crippen LogP contribution in [0.5, 0.6) is 0 Å². The van der Waals surface area contributed by atoms with Gasteiger partial charge in [-0.2, -0.15) is 0 Å². The van der Waals surface area contributed by atoms with E-state index in [0.29, 0.717) is 18.3 Å². The van der Waals surface area contributed by atoms with Crippen LogP contribution in [0, 0.1) is 0 Å². The Kier molecular flexibility index (Phi) is 4.54. The van der Waals surface area contributed by atoms with Gasteiger partial charge in [-0.05, 0) is 12.5 Å². The molecule has 2 N–H and O–H groups in total. The number of carbonyl (C=O) groups excluding carboxylic acids is 2. The number of amidine groups is 1. The van der Waals surface area contributed by atoms with Crippen molar-refractivity contribution in [2.24, 2.45) is 4.99 Å². The summed E-state index contributed by atoms with van der Waals surface area (Å²) in [5.41, 5.74) is 0.757. The molecular formula is C17H22N5O3+. The maximum atomic E-state index is 12.7. The van der Waals surface area contributed by atoms with E-state index in [1.165, 1.54) is 11.9 Å². The number of rotatable bonds is 4. The van der Waals surface area contributed by atoms with E-state index in [9.17, 15) is 14.7 Å². The molecule has 1 aromatic carbocycles. The predicted molar refractivity (Wildman–Crippen MR) is 92.4 cm³/mol. The summed E-state index contributed by atoms with van der Waals surface area (Å²) < 4.78 is 1.72. The van der Waals surface area contributed by atoms with Crippen molar-refractivity contribution in [1.82, 2.24) is 15.1 Å². The van der Waals surface area contributed by atoms with Crippen LogP contribution < -0.4 is 5.32 Å². The lowest BCUT2D eigenvalue weighted by atomic mass is 10.1. The van der Waals surface area contributed by atoms with Crippen LogP contribution in [0.4, 0.5) is 4.79 Å². The first-order chi connectivity index (χ1) is 12.0. The van der Waals surface area contributed by atoms with Gasteiger partial charge in [0.25, 0.3) is 5.91 Å². The fourth-order valence-electron chi connectivity index (χ4n) is 3.06. The Morgan fingerprint density at radius 2 is 1.92 bits per heavy atom. The predicted octanol–water partition coefficient (Wildman–Crippen LogP) is 0.00250. The van der Waals surface area contributed by atoms with Gasteiger partial charge in [-0.1, -0.05) is 35.3 Å². The fraction of sp³-hybridized carbons (Fsp3) is 0.412. The van der Waals surface area contributed by atoms with E-state index < -0.39 is 18.2 Å². The molecule has 2 unspecified atom stereocenters. The lowest BCUT2D eigenvalue weighted by Crippen LogP contribution is -2.61. The van der Waals surface area contributed by atoms with E-state index in [-0.39, 0.29) is 12.5 Å². The number of likely N-dealkylation sites (N-methyl/N-ethyl adjacent to an activating group) is 2. The average Bonchev–Trinajstić information content (AvgIpc) is 2.97. The van der Waals surface area contributed by atoms with Crippen molar-refractivity contribution in [3.63, 3.8) is 0 Å². The summed E-state index contributed by atoms with van der Waals surface area (Å²) in [5.74, 6) is 0.514. The summed E-state index contributed by atoms with van der Waals surface area (Å²) in [6, 6.07) is 8.11. The first-order valence-corrected chi connectivity index (χ1v) is 8.20. The molecule has 8 nitrogen and oxygen atoms in total. The van der Waals surface area contributed by atoms with Gasteiger partial charge in [-0.15, -0.1) is 0 Å². The zero-order valence-corrected chi connectivity index (χ0v) is 14.5. The van der Waals surface area contributed by atoms with Crippen molar-refractivity contribution in [3.8, 4) is 0 Å². The third kappa shape index (κ3) is 2.89. The van der Waals surface area contributed by atoms with Crippen molar-refractivity contribution in [2.75, 3.05) is 27.2 Å². The molecule has 2 heterocycles. The molecule has 1 aromatic rings. The number of fused-ring (bicyclic) bond motifs is 1. The quantitative estimate of drug-likeness (QED) is 0.753. The van der Waals surface area contributed by atoms with Crippen LogP contribution in [-0.4, -0.2) is 76.4 Å². The minimum atomic E-state index is -0.787. The van der Waals surface area contributed by atoms with Crippen molar-refractivity contribution < 1.29 is 19.3 Å². The largest absolute Gasteiger partial charge is 0.390 e. The highest BCUT2D eigenvalue weighted by Gasteiger charge is 2.51. The van der Waals surface area contributed by atoms with E-state index in [0.717, 1.165) is 10.5 Å². The molecule has 2 aliphatic heterocycles. The van der Waals surface area contributed by atoms with Gasteiger partial charge in [0.15, 0.2) is 0 Å². The Balaban J connectivity index is 1.94. The smallest absolute Gasteiger partial charge is 0.385 e.